The molecule has 1 rings (SSSR count). The molecule has 0 aliphatic carbocycles. The Labute approximate surface area is 78.9 Å². The predicted molar refractivity (Wildman–Crippen MR) is 44.2 cm³/mol. The van der Waals surface area contributed by atoms with Crippen LogP contribution in [0.4, 0.5) is 0 Å². The van der Waals surface area contributed by atoms with Crippen LogP contribution in [0.5, 0.6) is 0 Å². The molecule has 0 aliphatic rings. The minimum Gasteiger partial charge on any atom is -0.358 e. The van der Waals surface area contributed by atoms with Crippen molar-refractivity contribution >= 4 is 0 Å². The van der Waals surface area contributed by atoms with Gasteiger partial charge in [-0.3, -0.25) is 0 Å². The average Bonchev–Trinajstić information content (AvgIpc) is 1.96. The van der Waals surface area contributed by atoms with Crippen molar-refractivity contribution in [2.75, 3.05) is 0 Å². The molecule has 0 atom stereocenters. The molecule has 0 unspecified atom stereocenters. The fourth-order valence-corrected chi connectivity index (χ4v) is 0.385. The van der Waals surface area contributed by atoms with Crippen molar-refractivity contribution in [3.05, 3.63) is 43.8 Å². The third-order valence-corrected chi connectivity index (χ3v) is 0.667. The number of rotatable bonds is 0. The third-order valence-electron chi connectivity index (χ3n) is 0.667. The quantitative estimate of drug-likeness (QED) is 0.646. The maximum atomic E-state index is 2.00. The summed E-state index contributed by atoms with van der Waals surface area (Å²) in [5.41, 5.74) is 0. The van der Waals surface area contributed by atoms with Crippen LogP contribution in [0.1, 0.15) is 13.8 Å². The summed E-state index contributed by atoms with van der Waals surface area (Å²) in [6.07, 6.45) is 0. The Bertz CT molecular complexity index is 76.7. The van der Waals surface area contributed by atoms with Crippen molar-refractivity contribution in [2.24, 2.45) is 0 Å². The first-order valence-corrected chi connectivity index (χ1v) is 3.00. The van der Waals surface area contributed by atoms with Gasteiger partial charge in [-0.15, -0.1) is 0 Å². The first-order valence-electron chi connectivity index (χ1n) is 3.00. The molecule has 0 saturated carbocycles. The van der Waals surface area contributed by atoms with Crippen molar-refractivity contribution < 1.29 is 21.1 Å². The Kier molecular flexibility index (Phi) is 26.3. The van der Waals surface area contributed by atoms with Crippen LogP contribution >= 0.6 is 0 Å². The van der Waals surface area contributed by atoms with E-state index in [1.54, 1.807) is 0 Å². The van der Waals surface area contributed by atoms with Gasteiger partial charge in [-0.2, -0.15) is 0 Å². The zero-order valence-electron chi connectivity index (χ0n) is 6.87. The third kappa shape index (κ3) is 10.8. The van der Waals surface area contributed by atoms with Crippen molar-refractivity contribution in [1.29, 1.82) is 0 Å². The second-order valence-corrected chi connectivity index (χ2v) is 1.15. The van der Waals surface area contributed by atoms with Gasteiger partial charge in [0.2, 0.25) is 0 Å². The zero-order valence-corrected chi connectivity index (χ0v) is 9.81. The minimum atomic E-state index is 0. The maximum absolute atomic E-state index is 2.00. The predicted octanol–water partition coefficient (Wildman–Crippen LogP) is 3.16. The molecular formula is C9H15W-. The Morgan fingerprint density at radius 1 is 0.600 bits per heavy atom. The first kappa shape index (κ1) is 16.5. The van der Waals surface area contributed by atoms with Gasteiger partial charge in [0.1, 0.15) is 0 Å². The second kappa shape index (κ2) is 16.0. The number of hydrogen-bond donors (Lipinski definition) is 0. The van der Waals surface area contributed by atoms with E-state index in [2.05, 4.69) is 0 Å². The first-order chi connectivity index (χ1) is 4.00. The summed E-state index contributed by atoms with van der Waals surface area (Å²) in [4.78, 5) is 0. The molecule has 0 aromatic heterocycles. The van der Waals surface area contributed by atoms with E-state index >= 15 is 0 Å². The summed E-state index contributed by atoms with van der Waals surface area (Å²) in [6.45, 7) is 4.00. The largest absolute Gasteiger partial charge is 0.358 e. The van der Waals surface area contributed by atoms with Crippen LogP contribution in [0.2, 0.25) is 0 Å². The summed E-state index contributed by atoms with van der Waals surface area (Å²) < 4.78 is 0. The Balaban J connectivity index is -0.000000114. The topological polar surface area (TPSA) is 0 Å². The number of hydrogen-bond acceptors (Lipinski definition) is 0. The van der Waals surface area contributed by atoms with Crippen molar-refractivity contribution in [3.63, 3.8) is 0 Å². The van der Waals surface area contributed by atoms with Gasteiger partial charge in [-0.1, -0.05) is 50.2 Å². The van der Waals surface area contributed by atoms with Gasteiger partial charge < -0.3 is 7.43 Å². The summed E-state index contributed by atoms with van der Waals surface area (Å²) in [5.74, 6) is 0. The monoisotopic (exact) mass is 307 g/mol. The van der Waals surface area contributed by atoms with E-state index in [0.29, 0.717) is 0 Å². The molecule has 0 radical (unpaired) electrons. The molecule has 58 valence electrons. The maximum Gasteiger partial charge on any atom is 0 e. The molecule has 0 nitrogen and oxygen atoms in total. The molecule has 0 saturated heterocycles. The molecule has 0 N–H and O–H groups in total. The van der Waals surface area contributed by atoms with E-state index in [1.807, 2.05) is 50.2 Å². The van der Waals surface area contributed by atoms with Crippen LogP contribution in [0, 0.1) is 7.43 Å². The summed E-state index contributed by atoms with van der Waals surface area (Å²) >= 11 is 0. The molecule has 1 heteroatoms. The van der Waals surface area contributed by atoms with Crippen LogP contribution in [-0.4, -0.2) is 0 Å². The molecule has 0 spiro atoms. The molecule has 1 aromatic rings. The normalized spacial score (nSPS) is 5.40. The van der Waals surface area contributed by atoms with E-state index in [0.717, 1.165) is 0 Å². The van der Waals surface area contributed by atoms with Crippen LogP contribution in [0.15, 0.2) is 36.4 Å². The SMILES string of the molecule is CC.[CH3-].[W].c1ccccc1. The fraction of sp³-hybridized carbons (Fsp3) is 0.222. The van der Waals surface area contributed by atoms with Crippen LogP contribution in [-0.2, 0) is 21.1 Å². The van der Waals surface area contributed by atoms with E-state index in [-0.39, 0.29) is 28.5 Å². The van der Waals surface area contributed by atoms with E-state index in [4.69, 9.17) is 0 Å². The van der Waals surface area contributed by atoms with Gasteiger partial charge in [0.15, 0.2) is 0 Å². The van der Waals surface area contributed by atoms with Gasteiger partial charge in [-0.05, 0) is 0 Å². The molecule has 0 aliphatic heterocycles. The molecule has 0 amide bonds. The molecular weight excluding hydrogens is 292 g/mol. The van der Waals surface area contributed by atoms with Crippen LogP contribution < -0.4 is 0 Å². The molecule has 0 bridgehead atoms. The van der Waals surface area contributed by atoms with E-state index < -0.39 is 0 Å². The van der Waals surface area contributed by atoms with Crippen molar-refractivity contribution in [2.45, 2.75) is 13.8 Å². The average molecular weight is 307 g/mol. The van der Waals surface area contributed by atoms with E-state index in [9.17, 15) is 0 Å². The fourth-order valence-electron chi connectivity index (χ4n) is 0.385. The van der Waals surface area contributed by atoms with Gasteiger partial charge in [0.05, 0.1) is 0 Å². The van der Waals surface area contributed by atoms with Gasteiger partial charge in [-0.25, -0.2) is 0 Å². The molecule has 0 heterocycles. The van der Waals surface area contributed by atoms with Crippen LogP contribution in [0.3, 0.4) is 0 Å². The molecule has 0 fully saturated rings. The Morgan fingerprint density at radius 3 is 0.800 bits per heavy atom. The summed E-state index contributed by atoms with van der Waals surface area (Å²) in [6, 6.07) is 12.0. The van der Waals surface area contributed by atoms with Gasteiger partial charge in [0.25, 0.3) is 0 Å². The van der Waals surface area contributed by atoms with Crippen LogP contribution in [0.25, 0.3) is 0 Å². The van der Waals surface area contributed by atoms with Crippen molar-refractivity contribution in [1.82, 2.24) is 0 Å². The number of benzene rings is 1. The second-order valence-electron chi connectivity index (χ2n) is 1.15. The molecule has 10 heavy (non-hydrogen) atoms. The van der Waals surface area contributed by atoms with Gasteiger partial charge >= 0.3 is 0 Å². The smallest absolute Gasteiger partial charge is 0 e. The molecule has 1 aromatic carbocycles. The van der Waals surface area contributed by atoms with Crippen molar-refractivity contribution in [3.8, 4) is 0 Å². The minimum absolute atomic E-state index is 0. The summed E-state index contributed by atoms with van der Waals surface area (Å²) in [7, 11) is 0. The Hall–Kier alpha value is -0.0917. The zero-order chi connectivity index (χ0) is 6.24. The standard InChI is InChI=1S/C6H6.C2H6.CH3.W/c1-2-4-6-5-3-1;1-2;;/h1-6H;1-2H3;1H3;/q;;-1;. The summed E-state index contributed by atoms with van der Waals surface area (Å²) in [5, 5.41) is 0. The van der Waals surface area contributed by atoms with E-state index in [1.165, 1.54) is 0 Å². The Morgan fingerprint density at radius 2 is 0.700 bits per heavy atom. The van der Waals surface area contributed by atoms with Gasteiger partial charge in [0, 0.05) is 21.1 Å².